The lowest BCUT2D eigenvalue weighted by atomic mass is 10.00. The molecule has 7 heteroatoms. The summed E-state index contributed by atoms with van der Waals surface area (Å²) in [5, 5.41) is 4.20. The van der Waals surface area contributed by atoms with Gasteiger partial charge in [0, 0.05) is 38.0 Å². The van der Waals surface area contributed by atoms with Gasteiger partial charge in [0.25, 0.3) is 5.89 Å². The molecule has 1 atom stereocenters. The van der Waals surface area contributed by atoms with E-state index in [1.165, 1.54) is 0 Å². The summed E-state index contributed by atoms with van der Waals surface area (Å²) < 4.78 is 17.2. The van der Waals surface area contributed by atoms with Gasteiger partial charge < -0.3 is 18.9 Å². The van der Waals surface area contributed by atoms with Crippen molar-refractivity contribution in [1.82, 2.24) is 15.0 Å². The summed E-state index contributed by atoms with van der Waals surface area (Å²) in [5.74, 6) is 2.80. The lowest BCUT2D eigenvalue weighted by molar-refractivity contribution is -0.131. The van der Waals surface area contributed by atoms with Gasteiger partial charge in [-0.1, -0.05) is 17.3 Å². The molecule has 5 rings (SSSR count). The molecule has 1 unspecified atom stereocenters. The third-order valence-corrected chi connectivity index (χ3v) is 5.82. The first-order valence-electron chi connectivity index (χ1n) is 10.2. The predicted octanol–water partition coefficient (Wildman–Crippen LogP) is 3.02. The van der Waals surface area contributed by atoms with Crippen LogP contribution in [0.2, 0.25) is 0 Å². The Morgan fingerprint density at radius 3 is 2.75 bits per heavy atom. The van der Waals surface area contributed by atoms with Crippen molar-refractivity contribution in [3.63, 3.8) is 0 Å². The maximum Gasteiger partial charge on any atom is 0.261 e. The first kappa shape index (κ1) is 17.7. The average molecular weight is 383 g/mol. The van der Waals surface area contributed by atoms with Crippen LogP contribution in [0.1, 0.15) is 43.8 Å². The second kappa shape index (κ2) is 7.54. The zero-order valence-electron chi connectivity index (χ0n) is 15.9. The van der Waals surface area contributed by atoms with Crippen LogP contribution in [0.4, 0.5) is 0 Å². The van der Waals surface area contributed by atoms with Crippen LogP contribution in [-0.4, -0.2) is 53.4 Å². The van der Waals surface area contributed by atoms with E-state index in [0.29, 0.717) is 12.4 Å². The normalized spacial score (nSPS) is 23.1. The monoisotopic (exact) mass is 383 g/mol. The SMILES string of the molecule is O=C(C1CC1)N1CCC(Oc2ccccc2-c2nc(C3CCOCC3)no2)C1. The van der Waals surface area contributed by atoms with E-state index >= 15 is 0 Å². The number of ether oxygens (including phenoxy) is 2. The number of carbonyl (C=O) groups excluding carboxylic acids is 1. The molecule has 2 aliphatic heterocycles. The zero-order valence-corrected chi connectivity index (χ0v) is 15.9. The average Bonchev–Trinajstić information content (AvgIpc) is 3.29. The van der Waals surface area contributed by atoms with Crippen LogP contribution in [-0.2, 0) is 9.53 Å². The van der Waals surface area contributed by atoms with Crippen molar-refractivity contribution in [2.24, 2.45) is 5.92 Å². The Hall–Kier alpha value is -2.41. The topological polar surface area (TPSA) is 77.7 Å². The largest absolute Gasteiger partial charge is 0.488 e. The lowest BCUT2D eigenvalue weighted by Gasteiger charge is -2.18. The molecular weight excluding hydrogens is 358 g/mol. The van der Waals surface area contributed by atoms with Crippen LogP contribution in [0.5, 0.6) is 5.75 Å². The number of hydrogen-bond acceptors (Lipinski definition) is 6. The van der Waals surface area contributed by atoms with Gasteiger partial charge in [0.05, 0.1) is 12.1 Å². The van der Waals surface area contributed by atoms with Crippen molar-refractivity contribution in [3.8, 4) is 17.2 Å². The van der Waals surface area contributed by atoms with Crippen LogP contribution >= 0.6 is 0 Å². The summed E-state index contributed by atoms with van der Waals surface area (Å²) in [6.45, 7) is 2.91. The zero-order chi connectivity index (χ0) is 18.9. The number of likely N-dealkylation sites (tertiary alicyclic amines) is 1. The van der Waals surface area contributed by atoms with Crippen molar-refractivity contribution >= 4 is 5.91 Å². The number of benzene rings is 1. The van der Waals surface area contributed by atoms with Gasteiger partial charge in [0.1, 0.15) is 11.9 Å². The van der Waals surface area contributed by atoms with Gasteiger partial charge >= 0.3 is 0 Å². The van der Waals surface area contributed by atoms with Crippen LogP contribution in [0, 0.1) is 5.92 Å². The number of carbonyl (C=O) groups is 1. The second-order valence-electron chi connectivity index (χ2n) is 7.93. The van der Waals surface area contributed by atoms with E-state index in [0.717, 1.165) is 69.0 Å². The third kappa shape index (κ3) is 3.63. The Morgan fingerprint density at radius 2 is 1.93 bits per heavy atom. The Bertz CT molecular complexity index is 842. The second-order valence-corrected chi connectivity index (χ2v) is 7.93. The molecule has 2 aromatic rings. The fraction of sp³-hybridized carbons (Fsp3) is 0.571. The summed E-state index contributed by atoms with van der Waals surface area (Å²) in [5.41, 5.74) is 0.806. The first-order chi connectivity index (χ1) is 13.8. The van der Waals surface area contributed by atoms with Gasteiger partial charge in [-0.15, -0.1) is 0 Å². The van der Waals surface area contributed by atoms with Crippen LogP contribution in [0.3, 0.4) is 0 Å². The molecule has 1 saturated carbocycles. The maximum atomic E-state index is 12.3. The molecule has 0 spiro atoms. The van der Waals surface area contributed by atoms with E-state index in [9.17, 15) is 4.79 Å². The summed E-state index contributed by atoms with van der Waals surface area (Å²) in [6, 6.07) is 7.76. The summed E-state index contributed by atoms with van der Waals surface area (Å²) in [4.78, 5) is 18.9. The van der Waals surface area contributed by atoms with E-state index in [-0.39, 0.29) is 23.8 Å². The van der Waals surface area contributed by atoms with Crippen molar-refractivity contribution < 1.29 is 18.8 Å². The molecule has 0 radical (unpaired) electrons. The van der Waals surface area contributed by atoms with E-state index in [2.05, 4.69) is 10.1 Å². The van der Waals surface area contributed by atoms with Crippen molar-refractivity contribution in [2.75, 3.05) is 26.3 Å². The van der Waals surface area contributed by atoms with E-state index in [1.807, 2.05) is 29.2 Å². The molecule has 1 amide bonds. The molecule has 3 fully saturated rings. The molecule has 148 valence electrons. The molecular formula is C21H25N3O4. The standard InChI is InChI=1S/C21H25N3O4/c25-21(15-5-6-15)24-10-7-16(13-24)27-18-4-2-1-3-17(18)20-22-19(23-28-20)14-8-11-26-12-9-14/h1-4,14-16H,5-13H2. The highest BCUT2D eigenvalue weighted by molar-refractivity contribution is 5.81. The summed E-state index contributed by atoms with van der Waals surface area (Å²) in [7, 11) is 0. The van der Waals surface area contributed by atoms with Gasteiger partial charge in [-0.25, -0.2) is 0 Å². The van der Waals surface area contributed by atoms with Crippen LogP contribution in [0.25, 0.3) is 11.5 Å². The van der Waals surface area contributed by atoms with Gasteiger partial charge in [0.2, 0.25) is 5.91 Å². The molecule has 7 nitrogen and oxygen atoms in total. The number of rotatable bonds is 5. The molecule has 1 aromatic heterocycles. The number of para-hydroxylation sites is 1. The molecule has 2 saturated heterocycles. The van der Waals surface area contributed by atoms with Gasteiger partial charge in [0.15, 0.2) is 5.82 Å². The molecule has 1 aromatic carbocycles. The van der Waals surface area contributed by atoms with Gasteiger partial charge in [-0.3, -0.25) is 4.79 Å². The van der Waals surface area contributed by atoms with Gasteiger partial charge in [-0.05, 0) is 37.8 Å². The predicted molar refractivity (Wildman–Crippen MR) is 101 cm³/mol. The highest BCUT2D eigenvalue weighted by Gasteiger charge is 2.37. The lowest BCUT2D eigenvalue weighted by Crippen LogP contribution is -2.32. The molecule has 3 heterocycles. The minimum atomic E-state index is 0.00161. The molecule has 3 aliphatic rings. The minimum Gasteiger partial charge on any atom is -0.488 e. The minimum absolute atomic E-state index is 0.00161. The highest BCUT2D eigenvalue weighted by atomic mass is 16.5. The fourth-order valence-corrected chi connectivity index (χ4v) is 4.00. The Labute approximate surface area is 164 Å². The smallest absolute Gasteiger partial charge is 0.261 e. The molecule has 1 aliphatic carbocycles. The highest BCUT2D eigenvalue weighted by Crippen LogP contribution is 2.35. The third-order valence-electron chi connectivity index (χ3n) is 5.82. The number of nitrogens with zero attached hydrogens (tertiary/aromatic N) is 3. The molecule has 0 bridgehead atoms. The quantitative estimate of drug-likeness (QED) is 0.790. The van der Waals surface area contributed by atoms with Gasteiger partial charge in [-0.2, -0.15) is 4.98 Å². The van der Waals surface area contributed by atoms with E-state index in [1.54, 1.807) is 0 Å². The number of amides is 1. The Morgan fingerprint density at radius 1 is 1.11 bits per heavy atom. The van der Waals surface area contributed by atoms with Crippen molar-refractivity contribution in [1.29, 1.82) is 0 Å². The first-order valence-corrected chi connectivity index (χ1v) is 10.2. The fourth-order valence-electron chi connectivity index (χ4n) is 4.00. The Balaban J connectivity index is 1.29. The summed E-state index contributed by atoms with van der Waals surface area (Å²) >= 11 is 0. The Kier molecular flexibility index (Phi) is 4.76. The summed E-state index contributed by atoms with van der Waals surface area (Å²) in [6.07, 6.45) is 4.77. The van der Waals surface area contributed by atoms with Crippen LogP contribution in [0.15, 0.2) is 28.8 Å². The van der Waals surface area contributed by atoms with Crippen molar-refractivity contribution in [3.05, 3.63) is 30.1 Å². The maximum absolute atomic E-state index is 12.3. The van der Waals surface area contributed by atoms with E-state index in [4.69, 9.17) is 14.0 Å². The van der Waals surface area contributed by atoms with Crippen LogP contribution < -0.4 is 4.74 Å². The van der Waals surface area contributed by atoms with E-state index < -0.39 is 0 Å². The molecule has 28 heavy (non-hydrogen) atoms. The number of hydrogen-bond donors (Lipinski definition) is 0. The number of aromatic nitrogens is 2. The molecule has 0 N–H and O–H groups in total. The van der Waals surface area contributed by atoms with Crippen molar-refractivity contribution in [2.45, 2.75) is 44.1 Å².